The predicted molar refractivity (Wildman–Crippen MR) is 91.0 cm³/mol. The normalized spacial score (nSPS) is 12.0. The Bertz CT molecular complexity index is 680. The lowest BCUT2D eigenvalue weighted by molar-refractivity contribution is -0.120. The van der Waals surface area contributed by atoms with E-state index < -0.39 is 11.9 Å². The van der Waals surface area contributed by atoms with Crippen molar-refractivity contribution in [2.24, 2.45) is 5.73 Å². The Morgan fingerprint density at radius 1 is 1.17 bits per heavy atom. The van der Waals surface area contributed by atoms with Crippen LogP contribution in [0.25, 0.3) is 10.9 Å². The summed E-state index contributed by atoms with van der Waals surface area (Å²) in [7, 11) is 0. The van der Waals surface area contributed by atoms with Crippen LogP contribution >= 0.6 is 0 Å². The zero-order chi connectivity index (χ0) is 16.7. The third-order valence-corrected chi connectivity index (χ3v) is 3.87. The van der Waals surface area contributed by atoms with Crippen molar-refractivity contribution < 1.29 is 9.59 Å². The van der Waals surface area contributed by atoms with Crippen LogP contribution in [-0.2, 0) is 4.79 Å². The summed E-state index contributed by atoms with van der Waals surface area (Å²) >= 11 is 0. The molecule has 0 saturated carbocycles. The van der Waals surface area contributed by atoms with Crippen molar-refractivity contribution in [1.29, 1.82) is 0 Å². The molecule has 0 spiro atoms. The van der Waals surface area contributed by atoms with E-state index in [1.165, 1.54) is 0 Å². The smallest absolute Gasteiger partial charge is 0.254 e. The molecule has 0 aliphatic rings. The van der Waals surface area contributed by atoms with Gasteiger partial charge in [0.05, 0.1) is 11.1 Å². The van der Waals surface area contributed by atoms with Crippen LogP contribution in [-0.4, -0.2) is 22.8 Å². The largest absolute Gasteiger partial charge is 0.368 e. The number of hydrogen-bond donors (Lipinski definition) is 2. The van der Waals surface area contributed by atoms with Crippen molar-refractivity contribution in [3.63, 3.8) is 0 Å². The molecule has 5 heteroatoms. The zero-order valence-corrected chi connectivity index (χ0v) is 13.4. The van der Waals surface area contributed by atoms with Crippen molar-refractivity contribution in [3.05, 3.63) is 42.1 Å². The zero-order valence-electron chi connectivity index (χ0n) is 13.4. The second-order valence-corrected chi connectivity index (χ2v) is 5.66. The molecule has 23 heavy (non-hydrogen) atoms. The molecule has 0 bridgehead atoms. The number of unbranched alkanes of at least 4 members (excludes halogenated alkanes) is 3. The lowest BCUT2D eigenvalue weighted by Crippen LogP contribution is -2.44. The molecule has 3 N–H and O–H groups in total. The number of carbonyl (C=O) groups is 2. The minimum atomic E-state index is -0.640. The number of para-hydroxylation sites is 1. The van der Waals surface area contributed by atoms with Gasteiger partial charge in [0.15, 0.2) is 0 Å². The number of rotatable bonds is 8. The van der Waals surface area contributed by atoms with Crippen molar-refractivity contribution in [3.8, 4) is 0 Å². The van der Waals surface area contributed by atoms with Crippen LogP contribution < -0.4 is 11.1 Å². The second kappa shape index (κ2) is 8.27. The molecule has 0 saturated heterocycles. The Morgan fingerprint density at radius 3 is 2.70 bits per heavy atom. The number of nitrogens with zero attached hydrogens (tertiary/aromatic N) is 1. The van der Waals surface area contributed by atoms with Crippen molar-refractivity contribution in [2.75, 3.05) is 0 Å². The van der Waals surface area contributed by atoms with Gasteiger partial charge in [-0.1, -0.05) is 50.8 Å². The summed E-state index contributed by atoms with van der Waals surface area (Å²) in [5.41, 5.74) is 6.51. The number of aromatic nitrogens is 1. The number of fused-ring (bicyclic) bond motifs is 1. The van der Waals surface area contributed by atoms with Crippen LogP contribution in [0.3, 0.4) is 0 Å². The summed E-state index contributed by atoms with van der Waals surface area (Å²) in [4.78, 5) is 28.4. The van der Waals surface area contributed by atoms with Gasteiger partial charge in [-0.15, -0.1) is 0 Å². The van der Waals surface area contributed by atoms with Crippen LogP contribution in [0, 0.1) is 0 Å². The first kappa shape index (κ1) is 16.9. The monoisotopic (exact) mass is 313 g/mol. The van der Waals surface area contributed by atoms with Crippen molar-refractivity contribution in [2.45, 2.75) is 45.1 Å². The number of pyridine rings is 1. The Morgan fingerprint density at radius 2 is 1.96 bits per heavy atom. The number of carbonyl (C=O) groups excluding carboxylic acids is 2. The molecule has 0 fully saturated rings. The SMILES string of the molecule is CCCCCC[C@@H](NC(=O)c1cccc2cccnc12)C(N)=O. The maximum Gasteiger partial charge on any atom is 0.254 e. The van der Waals surface area contributed by atoms with Gasteiger partial charge >= 0.3 is 0 Å². The number of benzene rings is 1. The predicted octanol–water partition coefficient (Wildman–Crippen LogP) is 2.79. The molecule has 0 aliphatic carbocycles. The number of nitrogens with one attached hydrogen (secondary N) is 1. The fourth-order valence-electron chi connectivity index (χ4n) is 2.58. The van der Waals surface area contributed by atoms with Gasteiger partial charge in [0.25, 0.3) is 5.91 Å². The molecular weight excluding hydrogens is 290 g/mol. The average Bonchev–Trinajstić information content (AvgIpc) is 2.56. The highest BCUT2D eigenvalue weighted by molar-refractivity contribution is 6.06. The maximum absolute atomic E-state index is 12.5. The van der Waals surface area contributed by atoms with Gasteiger partial charge in [-0.2, -0.15) is 0 Å². The first-order chi connectivity index (χ1) is 11.1. The van der Waals surface area contributed by atoms with E-state index in [2.05, 4.69) is 17.2 Å². The summed E-state index contributed by atoms with van der Waals surface area (Å²) in [6, 6.07) is 8.49. The molecule has 2 aromatic rings. The molecule has 1 atom stereocenters. The molecular formula is C18H23N3O2. The highest BCUT2D eigenvalue weighted by Crippen LogP contribution is 2.16. The number of nitrogens with two attached hydrogens (primary N) is 1. The lowest BCUT2D eigenvalue weighted by Gasteiger charge is -2.16. The molecule has 0 radical (unpaired) electrons. The van der Waals surface area contributed by atoms with E-state index in [0.29, 0.717) is 17.5 Å². The molecule has 2 amide bonds. The van der Waals surface area contributed by atoms with Crippen LogP contribution in [0.15, 0.2) is 36.5 Å². The second-order valence-electron chi connectivity index (χ2n) is 5.66. The van der Waals surface area contributed by atoms with E-state index in [9.17, 15) is 9.59 Å². The van der Waals surface area contributed by atoms with E-state index in [0.717, 1.165) is 31.1 Å². The van der Waals surface area contributed by atoms with Gasteiger partial charge in [-0.05, 0) is 18.6 Å². The van der Waals surface area contributed by atoms with Gasteiger partial charge in [-0.25, -0.2) is 0 Å². The summed E-state index contributed by atoms with van der Waals surface area (Å²) in [6.07, 6.45) is 6.36. The Hall–Kier alpha value is -2.43. The third kappa shape index (κ3) is 4.52. The molecule has 1 aromatic heterocycles. The summed E-state index contributed by atoms with van der Waals surface area (Å²) in [5.74, 6) is -0.809. The Balaban J connectivity index is 2.10. The van der Waals surface area contributed by atoms with Crippen molar-refractivity contribution in [1.82, 2.24) is 10.3 Å². The Kier molecular flexibility index (Phi) is 6.09. The molecule has 0 unspecified atom stereocenters. The molecule has 1 heterocycles. The van der Waals surface area contributed by atoms with Gasteiger partial charge in [0, 0.05) is 11.6 Å². The highest BCUT2D eigenvalue weighted by Gasteiger charge is 2.20. The molecule has 2 rings (SSSR count). The van der Waals surface area contributed by atoms with E-state index in [4.69, 9.17) is 5.73 Å². The lowest BCUT2D eigenvalue weighted by atomic mass is 10.1. The first-order valence-corrected chi connectivity index (χ1v) is 8.07. The minimum Gasteiger partial charge on any atom is -0.368 e. The van der Waals surface area contributed by atoms with Gasteiger partial charge in [0.2, 0.25) is 5.91 Å². The number of amides is 2. The van der Waals surface area contributed by atoms with Crippen molar-refractivity contribution >= 4 is 22.7 Å². The van der Waals surface area contributed by atoms with Crippen LogP contribution in [0.5, 0.6) is 0 Å². The fourth-order valence-corrected chi connectivity index (χ4v) is 2.58. The topological polar surface area (TPSA) is 85.1 Å². The summed E-state index contributed by atoms with van der Waals surface area (Å²) in [5, 5.41) is 3.64. The molecule has 122 valence electrons. The quantitative estimate of drug-likeness (QED) is 0.735. The summed E-state index contributed by atoms with van der Waals surface area (Å²) in [6.45, 7) is 2.13. The van der Waals surface area contributed by atoms with E-state index in [1.54, 1.807) is 18.3 Å². The third-order valence-electron chi connectivity index (χ3n) is 3.87. The van der Waals surface area contributed by atoms with E-state index in [-0.39, 0.29) is 5.91 Å². The molecule has 0 aliphatic heterocycles. The van der Waals surface area contributed by atoms with E-state index >= 15 is 0 Å². The average molecular weight is 313 g/mol. The number of primary amides is 1. The van der Waals surface area contributed by atoms with Crippen LogP contribution in [0.2, 0.25) is 0 Å². The highest BCUT2D eigenvalue weighted by atomic mass is 16.2. The minimum absolute atomic E-state index is 0.311. The molecule has 1 aromatic carbocycles. The standard InChI is InChI=1S/C18H23N3O2/c1-2-3-4-5-11-15(17(19)22)21-18(23)14-10-6-8-13-9-7-12-20-16(13)14/h6-10,12,15H,2-5,11H2,1H3,(H2,19,22)(H,21,23)/t15-/m1/s1. The van der Waals surface area contributed by atoms with Crippen LogP contribution in [0.4, 0.5) is 0 Å². The van der Waals surface area contributed by atoms with Crippen LogP contribution in [0.1, 0.15) is 49.4 Å². The Labute approximate surface area is 136 Å². The van der Waals surface area contributed by atoms with E-state index in [1.807, 2.05) is 18.2 Å². The van der Waals surface area contributed by atoms with Gasteiger partial charge in [0.1, 0.15) is 6.04 Å². The maximum atomic E-state index is 12.5. The van der Waals surface area contributed by atoms with Gasteiger partial charge < -0.3 is 11.1 Å². The molecule has 5 nitrogen and oxygen atoms in total. The van der Waals surface area contributed by atoms with Gasteiger partial charge in [-0.3, -0.25) is 14.6 Å². The number of hydrogen-bond acceptors (Lipinski definition) is 3. The summed E-state index contributed by atoms with van der Waals surface area (Å²) < 4.78 is 0. The fraction of sp³-hybridized carbons (Fsp3) is 0.389. The first-order valence-electron chi connectivity index (χ1n) is 8.07.